The average Bonchev–Trinajstić information content (AvgIpc) is 3.34. The van der Waals surface area contributed by atoms with Crippen LogP contribution < -0.4 is 5.32 Å². The van der Waals surface area contributed by atoms with Gasteiger partial charge in [-0.3, -0.25) is 4.79 Å². The van der Waals surface area contributed by atoms with Crippen LogP contribution in [0.1, 0.15) is 28.1 Å². The molecule has 5 nitrogen and oxygen atoms in total. The number of nitrogens with zero attached hydrogens (tertiary/aromatic N) is 2. The molecule has 2 aromatic heterocycles. The summed E-state index contributed by atoms with van der Waals surface area (Å²) in [6.45, 7) is 4.16. The van der Waals surface area contributed by atoms with Crippen LogP contribution >= 0.6 is 11.8 Å². The van der Waals surface area contributed by atoms with Gasteiger partial charge in [-0.15, -0.1) is 0 Å². The molecule has 1 N–H and O–H groups in total. The van der Waals surface area contributed by atoms with Crippen LogP contribution in [-0.2, 0) is 16.3 Å². The number of carbonyl (C=O) groups excluding carboxylic acids is 1. The first-order chi connectivity index (χ1) is 12.6. The van der Waals surface area contributed by atoms with Crippen LogP contribution in [0.4, 0.5) is 5.82 Å². The van der Waals surface area contributed by atoms with Gasteiger partial charge >= 0.3 is 0 Å². The zero-order valence-electron chi connectivity index (χ0n) is 14.7. The lowest BCUT2D eigenvalue weighted by atomic mass is 10.1. The number of carbonyl (C=O) groups is 1. The summed E-state index contributed by atoms with van der Waals surface area (Å²) in [6, 6.07) is 9.80. The molecule has 0 atom stereocenters. The van der Waals surface area contributed by atoms with E-state index in [0.717, 1.165) is 34.3 Å². The van der Waals surface area contributed by atoms with Gasteiger partial charge in [0.05, 0.1) is 17.6 Å². The predicted molar refractivity (Wildman–Crippen MR) is 104 cm³/mol. The lowest BCUT2D eigenvalue weighted by Gasteiger charge is -2.11. The van der Waals surface area contributed by atoms with Crippen molar-refractivity contribution in [3.05, 3.63) is 70.8 Å². The van der Waals surface area contributed by atoms with Gasteiger partial charge < -0.3 is 9.73 Å². The minimum Gasteiger partial charge on any atom is -0.465 e. The maximum Gasteiger partial charge on any atom is 0.249 e. The molecule has 1 amide bonds. The van der Waals surface area contributed by atoms with Crippen molar-refractivity contribution < 1.29 is 9.21 Å². The second kappa shape index (κ2) is 6.88. The highest BCUT2D eigenvalue weighted by Crippen LogP contribution is 2.36. The Balaban J connectivity index is 1.66. The van der Waals surface area contributed by atoms with Crippen LogP contribution in [-0.4, -0.2) is 15.7 Å². The average molecular weight is 365 g/mol. The van der Waals surface area contributed by atoms with Gasteiger partial charge in [-0.1, -0.05) is 6.07 Å². The fourth-order valence-corrected chi connectivity index (χ4v) is 3.92. The third kappa shape index (κ3) is 3.20. The molecule has 0 spiro atoms. The summed E-state index contributed by atoms with van der Waals surface area (Å²) < 4.78 is 7.07. The SMILES string of the molecule is Cc1ccc(-n2nc3c(c2NC(=O)C=Cc2ccco2)CSC3)cc1C. The highest BCUT2D eigenvalue weighted by Gasteiger charge is 2.24. The fraction of sp³-hybridized carbons (Fsp3) is 0.200. The Kier molecular flexibility index (Phi) is 4.42. The van der Waals surface area contributed by atoms with Gasteiger partial charge in [-0.2, -0.15) is 16.9 Å². The first-order valence-electron chi connectivity index (χ1n) is 8.40. The molecule has 0 saturated carbocycles. The van der Waals surface area contributed by atoms with Crippen LogP contribution in [0, 0.1) is 13.8 Å². The van der Waals surface area contributed by atoms with Crippen molar-refractivity contribution in [2.45, 2.75) is 25.4 Å². The maximum atomic E-state index is 12.4. The summed E-state index contributed by atoms with van der Waals surface area (Å²) in [6.07, 6.45) is 4.71. The van der Waals surface area contributed by atoms with Crippen molar-refractivity contribution in [3.8, 4) is 5.69 Å². The Morgan fingerprint density at radius 1 is 1.27 bits per heavy atom. The van der Waals surface area contributed by atoms with E-state index in [1.54, 1.807) is 24.5 Å². The zero-order valence-corrected chi connectivity index (χ0v) is 15.5. The maximum absolute atomic E-state index is 12.4. The minimum atomic E-state index is -0.203. The highest BCUT2D eigenvalue weighted by molar-refractivity contribution is 7.98. The molecule has 1 aliphatic heterocycles. The Bertz CT molecular complexity index is 987. The monoisotopic (exact) mass is 365 g/mol. The second-order valence-electron chi connectivity index (χ2n) is 6.29. The molecule has 0 unspecified atom stereocenters. The van der Waals surface area contributed by atoms with Crippen LogP contribution in [0.2, 0.25) is 0 Å². The Labute approximate surface area is 156 Å². The van der Waals surface area contributed by atoms with E-state index in [-0.39, 0.29) is 5.91 Å². The fourth-order valence-electron chi connectivity index (χ4n) is 2.89. The lowest BCUT2D eigenvalue weighted by Crippen LogP contribution is -2.13. The quantitative estimate of drug-likeness (QED) is 0.693. The Hall–Kier alpha value is -2.73. The number of hydrogen-bond acceptors (Lipinski definition) is 4. The van der Waals surface area contributed by atoms with Gasteiger partial charge in [-0.05, 0) is 55.3 Å². The molecule has 132 valence electrons. The van der Waals surface area contributed by atoms with E-state index in [4.69, 9.17) is 9.52 Å². The van der Waals surface area contributed by atoms with E-state index in [1.807, 2.05) is 22.5 Å². The molecule has 0 aliphatic carbocycles. The van der Waals surface area contributed by atoms with Crippen molar-refractivity contribution in [3.63, 3.8) is 0 Å². The molecular weight excluding hydrogens is 346 g/mol. The van der Waals surface area contributed by atoms with Crippen LogP contribution in [0.15, 0.2) is 47.1 Å². The smallest absolute Gasteiger partial charge is 0.249 e. The van der Waals surface area contributed by atoms with E-state index in [1.165, 1.54) is 17.2 Å². The molecule has 0 saturated heterocycles. The van der Waals surface area contributed by atoms with Crippen LogP contribution in [0.25, 0.3) is 11.8 Å². The van der Waals surface area contributed by atoms with Gasteiger partial charge in [0.15, 0.2) is 0 Å². The molecule has 3 heterocycles. The molecule has 0 bridgehead atoms. The number of anilines is 1. The number of thioether (sulfide) groups is 1. The number of fused-ring (bicyclic) bond motifs is 1. The molecule has 0 radical (unpaired) electrons. The number of rotatable bonds is 4. The van der Waals surface area contributed by atoms with E-state index in [9.17, 15) is 4.79 Å². The second-order valence-corrected chi connectivity index (χ2v) is 7.27. The highest BCUT2D eigenvalue weighted by atomic mass is 32.2. The van der Waals surface area contributed by atoms with Crippen molar-refractivity contribution in [2.75, 3.05) is 5.32 Å². The van der Waals surface area contributed by atoms with Crippen molar-refractivity contribution >= 4 is 29.6 Å². The van der Waals surface area contributed by atoms with Gasteiger partial charge in [0, 0.05) is 23.1 Å². The number of amides is 1. The molecule has 26 heavy (non-hydrogen) atoms. The van der Waals surface area contributed by atoms with Crippen molar-refractivity contribution in [1.82, 2.24) is 9.78 Å². The van der Waals surface area contributed by atoms with Crippen molar-refractivity contribution in [2.24, 2.45) is 0 Å². The van der Waals surface area contributed by atoms with E-state index >= 15 is 0 Å². The molecule has 4 rings (SSSR count). The summed E-state index contributed by atoms with van der Waals surface area (Å²) >= 11 is 1.81. The summed E-state index contributed by atoms with van der Waals surface area (Å²) in [7, 11) is 0. The van der Waals surface area contributed by atoms with Crippen LogP contribution in [0.5, 0.6) is 0 Å². The summed E-state index contributed by atoms with van der Waals surface area (Å²) in [4.78, 5) is 12.4. The van der Waals surface area contributed by atoms with Gasteiger partial charge in [-0.25, -0.2) is 4.68 Å². The molecule has 1 aliphatic rings. The Morgan fingerprint density at radius 3 is 2.92 bits per heavy atom. The first kappa shape index (κ1) is 16.7. The standard InChI is InChI=1S/C20H19N3O2S/c1-13-5-6-15(10-14(13)2)23-20(17-11-26-12-18(17)22-23)21-19(24)8-7-16-4-3-9-25-16/h3-10H,11-12H2,1-2H3,(H,21,24). The van der Waals surface area contributed by atoms with Gasteiger partial charge in [0.2, 0.25) is 5.91 Å². The number of furan rings is 1. The number of hydrogen-bond donors (Lipinski definition) is 1. The normalized spacial score (nSPS) is 13.3. The summed E-state index contributed by atoms with van der Waals surface area (Å²) in [5.74, 6) is 2.92. The lowest BCUT2D eigenvalue weighted by molar-refractivity contribution is -0.111. The molecule has 1 aromatic carbocycles. The largest absolute Gasteiger partial charge is 0.465 e. The number of aryl methyl sites for hydroxylation is 2. The molecule has 6 heteroatoms. The first-order valence-corrected chi connectivity index (χ1v) is 9.56. The predicted octanol–water partition coefficient (Wildman–Crippen LogP) is 4.48. The van der Waals surface area contributed by atoms with Gasteiger partial charge in [0.1, 0.15) is 11.6 Å². The van der Waals surface area contributed by atoms with E-state index in [2.05, 4.69) is 31.3 Å². The van der Waals surface area contributed by atoms with Crippen molar-refractivity contribution in [1.29, 1.82) is 0 Å². The number of nitrogens with one attached hydrogen (secondary N) is 1. The third-order valence-corrected chi connectivity index (χ3v) is 5.44. The van der Waals surface area contributed by atoms with E-state index < -0.39 is 0 Å². The molecule has 3 aromatic rings. The number of benzene rings is 1. The van der Waals surface area contributed by atoms with E-state index in [0.29, 0.717) is 5.76 Å². The topological polar surface area (TPSA) is 60.1 Å². The summed E-state index contributed by atoms with van der Waals surface area (Å²) in [5, 5.41) is 7.74. The van der Waals surface area contributed by atoms with Gasteiger partial charge in [0.25, 0.3) is 0 Å². The third-order valence-electron chi connectivity index (χ3n) is 4.47. The zero-order chi connectivity index (χ0) is 18.1. The molecule has 0 fully saturated rings. The molecular formula is C20H19N3O2S. The Morgan fingerprint density at radius 2 is 2.15 bits per heavy atom. The van der Waals surface area contributed by atoms with Crippen LogP contribution in [0.3, 0.4) is 0 Å². The summed E-state index contributed by atoms with van der Waals surface area (Å²) in [5.41, 5.74) is 5.53. The number of aromatic nitrogens is 2. The minimum absolute atomic E-state index is 0.203.